The third-order valence-electron chi connectivity index (χ3n) is 3.89. The van der Waals surface area contributed by atoms with E-state index < -0.39 is 23.8 Å². The zero-order chi connectivity index (χ0) is 19.1. The van der Waals surface area contributed by atoms with Crippen molar-refractivity contribution < 1.29 is 19.1 Å². The second-order valence-electron chi connectivity index (χ2n) is 5.51. The summed E-state index contributed by atoms with van der Waals surface area (Å²) in [5.74, 6) is -2.88. The van der Waals surface area contributed by atoms with Crippen molar-refractivity contribution >= 4 is 49.9 Å². The largest absolute Gasteiger partial charge is 0.468 e. The maximum absolute atomic E-state index is 12.3. The Morgan fingerprint density at radius 1 is 0.846 bits per heavy atom. The molecule has 0 fully saturated rings. The van der Waals surface area contributed by atoms with Gasteiger partial charge in [-0.25, -0.2) is 0 Å². The molecule has 0 saturated carbocycles. The Morgan fingerprint density at radius 3 is 1.77 bits per heavy atom. The molecule has 0 N–H and O–H groups in total. The smallest absolute Gasteiger partial charge is 0.321 e. The van der Waals surface area contributed by atoms with Crippen LogP contribution in [0.3, 0.4) is 0 Å². The van der Waals surface area contributed by atoms with Crippen LogP contribution in [0.25, 0.3) is 6.08 Å². The standard InChI is InChI=1S/C20H18Br2O4/c1-25-19(23)18(20(24)26-2)17(14-6-10-16(22)11-7-14)12-5-13-3-8-15(21)9-4-13/h3-12,17-18H,1-2H3. The minimum Gasteiger partial charge on any atom is -0.468 e. The summed E-state index contributed by atoms with van der Waals surface area (Å²) in [6, 6.07) is 15.2. The number of rotatable bonds is 6. The summed E-state index contributed by atoms with van der Waals surface area (Å²) in [5, 5.41) is 0. The van der Waals surface area contributed by atoms with Gasteiger partial charge in [0.1, 0.15) is 0 Å². The Hall–Kier alpha value is -1.92. The first-order valence-corrected chi connectivity index (χ1v) is 9.39. The van der Waals surface area contributed by atoms with Gasteiger partial charge in [0, 0.05) is 14.9 Å². The van der Waals surface area contributed by atoms with Gasteiger partial charge >= 0.3 is 11.9 Å². The third-order valence-corrected chi connectivity index (χ3v) is 4.95. The van der Waals surface area contributed by atoms with E-state index in [1.54, 1.807) is 0 Å². The molecule has 0 heterocycles. The topological polar surface area (TPSA) is 52.6 Å². The van der Waals surface area contributed by atoms with Crippen LogP contribution in [-0.4, -0.2) is 26.2 Å². The lowest BCUT2D eigenvalue weighted by Gasteiger charge is -2.21. The fourth-order valence-electron chi connectivity index (χ4n) is 2.53. The van der Waals surface area contributed by atoms with Crippen molar-refractivity contribution in [3.8, 4) is 0 Å². The molecule has 0 aliphatic rings. The molecule has 0 aromatic heterocycles. The minimum atomic E-state index is -1.09. The van der Waals surface area contributed by atoms with Crippen molar-refractivity contribution in [1.29, 1.82) is 0 Å². The first-order chi connectivity index (χ1) is 12.5. The zero-order valence-corrected chi connectivity index (χ0v) is 17.5. The molecule has 0 saturated heterocycles. The van der Waals surface area contributed by atoms with Crippen LogP contribution in [0, 0.1) is 5.92 Å². The fraction of sp³-hybridized carbons (Fsp3) is 0.200. The van der Waals surface area contributed by atoms with E-state index in [1.807, 2.05) is 60.7 Å². The highest BCUT2D eigenvalue weighted by atomic mass is 79.9. The number of methoxy groups -OCH3 is 2. The van der Waals surface area contributed by atoms with Crippen LogP contribution in [-0.2, 0) is 19.1 Å². The number of hydrogen-bond donors (Lipinski definition) is 0. The second-order valence-corrected chi connectivity index (χ2v) is 7.34. The highest BCUT2D eigenvalue weighted by Gasteiger charge is 2.36. The minimum absolute atomic E-state index is 0.522. The van der Waals surface area contributed by atoms with Gasteiger partial charge in [-0.2, -0.15) is 0 Å². The van der Waals surface area contributed by atoms with E-state index in [0.29, 0.717) is 0 Å². The number of benzene rings is 2. The predicted molar refractivity (Wildman–Crippen MR) is 108 cm³/mol. The zero-order valence-electron chi connectivity index (χ0n) is 14.3. The molecule has 2 aromatic carbocycles. The molecule has 1 unspecified atom stereocenters. The molecular weight excluding hydrogens is 464 g/mol. The van der Waals surface area contributed by atoms with Crippen LogP contribution in [0.5, 0.6) is 0 Å². The molecule has 0 aliphatic carbocycles. The van der Waals surface area contributed by atoms with Crippen molar-refractivity contribution in [2.24, 2.45) is 5.92 Å². The van der Waals surface area contributed by atoms with E-state index in [2.05, 4.69) is 31.9 Å². The molecule has 4 nitrogen and oxygen atoms in total. The Labute approximate surface area is 169 Å². The number of halogens is 2. The van der Waals surface area contributed by atoms with Crippen molar-refractivity contribution in [1.82, 2.24) is 0 Å². The Morgan fingerprint density at radius 2 is 1.31 bits per heavy atom. The number of esters is 2. The highest BCUT2D eigenvalue weighted by molar-refractivity contribution is 9.10. The Kier molecular flexibility index (Phi) is 7.60. The summed E-state index contributed by atoms with van der Waals surface area (Å²) in [7, 11) is 2.52. The van der Waals surface area contributed by atoms with Gasteiger partial charge in [-0.3, -0.25) is 9.59 Å². The van der Waals surface area contributed by atoms with Gasteiger partial charge in [-0.15, -0.1) is 0 Å². The lowest BCUT2D eigenvalue weighted by Crippen LogP contribution is -2.31. The SMILES string of the molecule is COC(=O)C(C(=O)OC)C(C=Cc1ccc(Br)cc1)c1ccc(Br)cc1. The van der Waals surface area contributed by atoms with Gasteiger partial charge < -0.3 is 9.47 Å². The molecule has 26 heavy (non-hydrogen) atoms. The maximum atomic E-state index is 12.3. The highest BCUT2D eigenvalue weighted by Crippen LogP contribution is 2.30. The van der Waals surface area contributed by atoms with E-state index >= 15 is 0 Å². The summed E-state index contributed by atoms with van der Waals surface area (Å²) in [4.78, 5) is 24.6. The summed E-state index contributed by atoms with van der Waals surface area (Å²) < 4.78 is 11.6. The van der Waals surface area contributed by atoms with Crippen LogP contribution in [0.15, 0.2) is 63.6 Å². The average molecular weight is 482 g/mol. The van der Waals surface area contributed by atoms with Crippen LogP contribution in [0.1, 0.15) is 17.0 Å². The van der Waals surface area contributed by atoms with Crippen molar-refractivity contribution in [3.63, 3.8) is 0 Å². The molecule has 0 bridgehead atoms. The van der Waals surface area contributed by atoms with E-state index in [-0.39, 0.29) is 0 Å². The number of allylic oxidation sites excluding steroid dienone is 1. The quantitative estimate of drug-likeness (QED) is 0.431. The molecule has 0 radical (unpaired) electrons. The van der Waals surface area contributed by atoms with Crippen molar-refractivity contribution in [2.45, 2.75) is 5.92 Å². The predicted octanol–water partition coefficient (Wildman–Crippen LogP) is 4.97. The number of carbonyl (C=O) groups excluding carboxylic acids is 2. The fourth-order valence-corrected chi connectivity index (χ4v) is 3.06. The number of ether oxygens (including phenoxy) is 2. The Bertz CT molecular complexity index is 766. The summed E-state index contributed by atoms with van der Waals surface area (Å²) in [6.45, 7) is 0. The first kappa shape index (κ1) is 20.4. The monoisotopic (exact) mass is 480 g/mol. The molecule has 0 amide bonds. The van der Waals surface area contributed by atoms with Gasteiger partial charge in [0.2, 0.25) is 0 Å². The van der Waals surface area contributed by atoms with E-state index in [4.69, 9.17) is 9.47 Å². The van der Waals surface area contributed by atoms with Crippen LogP contribution in [0.4, 0.5) is 0 Å². The number of carbonyl (C=O) groups is 2. The summed E-state index contributed by atoms with van der Waals surface area (Å²) in [5.41, 5.74) is 1.76. The third kappa shape index (κ3) is 5.29. The van der Waals surface area contributed by atoms with Crippen LogP contribution < -0.4 is 0 Å². The lowest BCUT2D eigenvalue weighted by atomic mass is 9.85. The molecule has 2 aromatic rings. The van der Waals surface area contributed by atoms with Crippen molar-refractivity contribution in [2.75, 3.05) is 14.2 Å². The van der Waals surface area contributed by atoms with Gasteiger partial charge in [-0.05, 0) is 35.4 Å². The molecule has 0 aliphatic heterocycles. The number of hydrogen-bond acceptors (Lipinski definition) is 4. The van der Waals surface area contributed by atoms with Gasteiger partial charge in [0.05, 0.1) is 14.2 Å². The molecule has 2 rings (SSSR count). The molecular formula is C20H18Br2O4. The lowest BCUT2D eigenvalue weighted by molar-refractivity contribution is -0.159. The summed E-state index contributed by atoms with van der Waals surface area (Å²) >= 11 is 6.79. The molecule has 6 heteroatoms. The average Bonchev–Trinajstić information content (AvgIpc) is 2.66. The molecule has 136 valence electrons. The van der Waals surface area contributed by atoms with Gasteiger partial charge in [-0.1, -0.05) is 68.3 Å². The van der Waals surface area contributed by atoms with Crippen molar-refractivity contribution in [3.05, 3.63) is 74.7 Å². The van der Waals surface area contributed by atoms with E-state index in [0.717, 1.165) is 20.1 Å². The van der Waals surface area contributed by atoms with E-state index in [1.165, 1.54) is 14.2 Å². The second kappa shape index (κ2) is 9.69. The molecule has 0 spiro atoms. The van der Waals surface area contributed by atoms with E-state index in [9.17, 15) is 9.59 Å². The molecule has 1 atom stereocenters. The van der Waals surface area contributed by atoms with Crippen LogP contribution in [0.2, 0.25) is 0 Å². The summed E-state index contributed by atoms with van der Waals surface area (Å²) in [6.07, 6.45) is 3.70. The van der Waals surface area contributed by atoms with Crippen LogP contribution >= 0.6 is 31.9 Å². The normalized spacial score (nSPS) is 12.2. The van der Waals surface area contributed by atoms with Gasteiger partial charge in [0.15, 0.2) is 5.92 Å². The first-order valence-electron chi connectivity index (χ1n) is 7.81. The Balaban J connectivity index is 2.46. The van der Waals surface area contributed by atoms with Gasteiger partial charge in [0.25, 0.3) is 0 Å². The maximum Gasteiger partial charge on any atom is 0.321 e.